The molecule has 48 heavy (non-hydrogen) atoms. The van der Waals surface area contributed by atoms with Crippen molar-refractivity contribution in [3.8, 4) is 0 Å². The first-order valence-electron chi connectivity index (χ1n) is 16.4. The molecule has 1 saturated heterocycles. The molecular weight excluding hydrogens is 633 g/mol. The van der Waals surface area contributed by atoms with E-state index in [0.717, 1.165) is 12.8 Å². The van der Waals surface area contributed by atoms with Gasteiger partial charge in [-0.1, -0.05) is 54.5 Å². The number of likely N-dealkylation sites (tertiary alicyclic amines) is 1. The van der Waals surface area contributed by atoms with Crippen LogP contribution in [0.2, 0.25) is 0 Å². The number of amides is 6. The number of piperidine rings is 1. The van der Waals surface area contributed by atoms with E-state index in [2.05, 4.69) is 27.8 Å². The molecule has 1 aliphatic heterocycles. The summed E-state index contributed by atoms with van der Waals surface area (Å²) in [6.45, 7) is 16.4. The zero-order valence-electron chi connectivity index (χ0n) is 29.1. The molecule has 6 amide bonds. The molecule has 3 rings (SSSR count). The molecule has 1 heterocycles. The van der Waals surface area contributed by atoms with Gasteiger partial charge in [0.05, 0.1) is 6.42 Å². The van der Waals surface area contributed by atoms with Crippen LogP contribution in [0.3, 0.4) is 0 Å². The van der Waals surface area contributed by atoms with Crippen molar-refractivity contribution in [1.29, 1.82) is 0 Å². The van der Waals surface area contributed by atoms with E-state index in [0.29, 0.717) is 12.5 Å². The zero-order valence-corrected chi connectivity index (χ0v) is 29.1. The van der Waals surface area contributed by atoms with Crippen molar-refractivity contribution in [2.24, 2.45) is 34.5 Å². The fourth-order valence-corrected chi connectivity index (χ4v) is 6.58. The standard InChI is InChI=1S/C33H51F3N6O6/c1-10-13-37-27(45)24(43)20(14-33(34,35)36)38-26(44)23-21-19(32(21,7)8)16-42(23)29(47)25(31(4,5)6)40-30(48)39-22(17(2)3)28(46)41(9)15-18-11-12-18/h10,17-23,25H,1,11-16H2,2-9H3,(H,37,45)(H,38,44)(H2,39,40,48)/t19-,20?,21-,22-,23-,25+/m0/s1. The number of urea groups is 1. The third-order valence-electron chi connectivity index (χ3n) is 9.67. The minimum atomic E-state index is -4.89. The number of carbonyl (C=O) groups is 6. The van der Waals surface area contributed by atoms with Crippen molar-refractivity contribution in [2.75, 3.05) is 26.7 Å². The first-order valence-corrected chi connectivity index (χ1v) is 16.4. The van der Waals surface area contributed by atoms with Crippen molar-refractivity contribution in [1.82, 2.24) is 31.1 Å². The summed E-state index contributed by atoms with van der Waals surface area (Å²) in [5.74, 6) is -5.10. The Balaban J connectivity index is 1.83. The molecule has 0 aromatic carbocycles. The normalized spacial score (nSPS) is 23.2. The molecule has 0 radical (unpaired) electrons. The SMILES string of the molecule is C=CCNC(=O)C(=O)C(CC(F)(F)F)NC(=O)[C@@H]1[C@@H]2[C@H](CN1C(=O)[C@@H](NC(=O)N[C@H](C(=O)N(C)CC1CC1)C(C)C)C(C)(C)C)C2(C)C. The first kappa shape index (κ1) is 38.8. The van der Waals surface area contributed by atoms with Gasteiger partial charge >= 0.3 is 12.2 Å². The van der Waals surface area contributed by atoms with Crippen LogP contribution in [0.5, 0.6) is 0 Å². The number of carbonyl (C=O) groups excluding carboxylic acids is 6. The molecule has 15 heteroatoms. The molecule has 3 fully saturated rings. The Morgan fingerprint density at radius 1 is 1.02 bits per heavy atom. The van der Waals surface area contributed by atoms with Gasteiger partial charge < -0.3 is 31.1 Å². The van der Waals surface area contributed by atoms with Crippen molar-refractivity contribution in [2.45, 2.75) is 98.1 Å². The fourth-order valence-electron chi connectivity index (χ4n) is 6.58. The van der Waals surface area contributed by atoms with Crippen LogP contribution in [0.15, 0.2) is 12.7 Å². The summed E-state index contributed by atoms with van der Waals surface area (Å²) < 4.78 is 40.5. The van der Waals surface area contributed by atoms with E-state index in [9.17, 15) is 41.9 Å². The average molecular weight is 685 g/mol. The summed E-state index contributed by atoms with van der Waals surface area (Å²) in [7, 11) is 1.68. The zero-order chi connectivity index (χ0) is 36.5. The third kappa shape index (κ3) is 9.28. The number of nitrogens with zero attached hydrogens (tertiary/aromatic N) is 2. The topological polar surface area (TPSA) is 157 Å². The summed E-state index contributed by atoms with van der Waals surface area (Å²) in [5.41, 5.74) is -1.32. The number of nitrogens with one attached hydrogen (secondary N) is 4. The average Bonchev–Trinajstić information content (AvgIpc) is 3.81. The Kier molecular flexibility index (Phi) is 11.7. The number of likely N-dealkylation sites (N-methyl/N-ethyl adjacent to an activating group) is 1. The molecule has 0 aromatic heterocycles. The maximum absolute atomic E-state index is 14.2. The lowest BCUT2D eigenvalue weighted by molar-refractivity contribution is -0.155. The molecule has 12 nitrogen and oxygen atoms in total. The Bertz CT molecular complexity index is 1290. The first-order chi connectivity index (χ1) is 22.0. The number of fused-ring (bicyclic) bond motifs is 1. The van der Waals surface area contributed by atoms with Crippen molar-refractivity contribution in [3.63, 3.8) is 0 Å². The largest absolute Gasteiger partial charge is 0.391 e. The van der Waals surface area contributed by atoms with Gasteiger partial charge in [-0.05, 0) is 47.3 Å². The van der Waals surface area contributed by atoms with Gasteiger partial charge in [0.2, 0.25) is 23.5 Å². The maximum atomic E-state index is 14.2. The van der Waals surface area contributed by atoms with Crippen molar-refractivity contribution >= 4 is 35.4 Å². The number of ketones is 1. The van der Waals surface area contributed by atoms with Crippen LogP contribution >= 0.6 is 0 Å². The number of hydrogen-bond donors (Lipinski definition) is 4. The Labute approximate surface area is 280 Å². The van der Waals surface area contributed by atoms with Gasteiger partial charge in [0.25, 0.3) is 5.91 Å². The van der Waals surface area contributed by atoms with Gasteiger partial charge in [0.1, 0.15) is 24.2 Å². The van der Waals surface area contributed by atoms with E-state index in [1.807, 2.05) is 13.8 Å². The second-order valence-corrected chi connectivity index (χ2v) is 15.4. The van der Waals surface area contributed by atoms with Crippen LogP contribution in [0, 0.1) is 34.5 Å². The molecule has 6 atom stereocenters. The third-order valence-corrected chi connectivity index (χ3v) is 9.67. The van der Waals surface area contributed by atoms with Crippen LogP contribution in [0.4, 0.5) is 18.0 Å². The molecule has 0 spiro atoms. The molecule has 270 valence electrons. The minimum Gasteiger partial charge on any atom is -0.346 e. The Morgan fingerprint density at radius 2 is 1.62 bits per heavy atom. The second kappa shape index (κ2) is 14.5. The molecule has 2 saturated carbocycles. The number of halogens is 3. The lowest BCUT2D eigenvalue weighted by Crippen LogP contribution is -2.62. The Morgan fingerprint density at radius 3 is 2.12 bits per heavy atom. The highest BCUT2D eigenvalue weighted by Crippen LogP contribution is 2.65. The number of alkyl halides is 3. The lowest BCUT2D eigenvalue weighted by Gasteiger charge is -2.38. The molecule has 0 aromatic rings. The molecule has 3 aliphatic rings. The van der Waals surface area contributed by atoms with E-state index in [1.54, 1.807) is 46.6 Å². The maximum Gasteiger partial charge on any atom is 0.391 e. The van der Waals surface area contributed by atoms with Crippen LogP contribution in [-0.2, 0) is 24.0 Å². The van der Waals surface area contributed by atoms with Crippen LogP contribution in [0.1, 0.15) is 67.7 Å². The summed E-state index contributed by atoms with van der Waals surface area (Å²) in [6, 6.07) is -6.30. The summed E-state index contributed by atoms with van der Waals surface area (Å²) in [6.07, 6.45) is -3.34. The van der Waals surface area contributed by atoms with Gasteiger partial charge in [-0.15, -0.1) is 6.58 Å². The highest BCUT2D eigenvalue weighted by atomic mass is 19.4. The van der Waals surface area contributed by atoms with Gasteiger partial charge in [0.15, 0.2) is 0 Å². The van der Waals surface area contributed by atoms with E-state index >= 15 is 0 Å². The highest BCUT2D eigenvalue weighted by molar-refractivity contribution is 6.38. The molecule has 4 N–H and O–H groups in total. The minimum absolute atomic E-state index is 0.0984. The van der Waals surface area contributed by atoms with Gasteiger partial charge in [-0.3, -0.25) is 24.0 Å². The van der Waals surface area contributed by atoms with E-state index in [1.165, 1.54) is 11.0 Å². The number of Topliss-reactive ketones (excluding diaryl/α,β-unsaturated/α-hetero) is 1. The fraction of sp³-hybridized carbons (Fsp3) is 0.758. The van der Waals surface area contributed by atoms with E-state index < -0.39 is 83.0 Å². The molecule has 2 aliphatic carbocycles. The van der Waals surface area contributed by atoms with Crippen molar-refractivity contribution in [3.05, 3.63) is 12.7 Å². The Hall–Kier alpha value is -3.65. The highest BCUT2D eigenvalue weighted by Gasteiger charge is 2.70. The van der Waals surface area contributed by atoms with Gasteiger partial charge in [-0.25, -0.2) is 4.79 Å². The quantitative estimate of drug-likeness (QED) is 0.163. The predicted molar refractivity (Wildman–Crippen MR) is 171 cm³/mol. The number of rotatable bonds is 14. The summed E-state index contributed by atoms with van der Waals surface area (Å²) in [4.78, 5) is 82.3. The summed E-state index contributed by atoms with van der Waals surface area (Å²) >= 11 is 0. The van der Waals surface area contributed by atoms with Crippen molar-refractivity contribution < 1.29 is 41.9 Å². The van der Waals surface area contributed by atoms with Crippen LogP contribution in [-0.4, -0.2) is 102 Å². The number of hydrogen-bond acceptors (Lipinski definition) is 6. The van der Waals surface area contributed by atoms with Crippen LogP contribution in [0.25, 0.3) is 0 Å². The second-order valence-electron chi connectivity index (χ2n) is 15.4. The summed E-state index contributed by atoms with van der Waals surface area (Å²) in [5, 5.41) is 9.65. The molecule has 0 bridgehead atoms. The van der Waals surface area contributed by atoms with Crippen LogP contribution < -0.4 is 21.3 Å². The van der Waals surface area contributed by atoms with Gasteiger partial charge in [-0.2, -0.15) is 13.2 Å². The van der Waals surface area contributed by atoms with Gasteiger partial charge in [0, 0.05) is 26.7 Å². The monoisotopic (exact) mass is 684 g/mol. The smallest absolute Gasteiger partial charge is 0.346 e. The molecule has 1 unspecified atom stereocenters. The molecular formula is C33H51F3N6O6. The predicted octanol–water partition coefficient (Wildman–Crippen LogP) is 2.38. The van der Waals surface area contributed by atoms with E-state index in [4.69, 9.17) is 0 Å². The lowest BCUT2D eigenvalue weighted by atomic mass is 9.85. The van der Waals surface area contributed by atoms with E-state index in [-0.39, 0.29) is 30.8 Å².